The van der Waals surface area contributed by atoms with Crippen LogP contribution in [0.25, 0.3) is 0 Å². The third-order valence-corrected chi connectivity index (χ3v) is 7.50. The molecule has 0 radical (unpaired) electrons. The van der Waals surface area contributed by atoms with Gasteiger partial charge in [0.2, 0.25) is 0 Å². The molecule has 0 amide bonds. The van der Waals surface area contributed by atoms with Crippen molar-refractivity contribution >= 4 is 27.7 Å². The van der Waals surface area contributed by atoms with Crippen molar-refractivity contribution in [2.75, 3.05) is 7.11 Å². The van der Waals surface area contributed by atoms with Crippen LogP contribution < -0.4 is 0 Å². The zero-order valence-corrected chi connectivity index (χ0v) is 17.3. The van der Waals surface area contributed by atoms with Crippen LogP contribution in [0.3, 0.4) is 0 Å². The van der Waals surface area contributed by atoms with Gasteiger partial charge in [0.25, 0.3) is 0 Å². The normalized spacial score (nSPS) is 34.4. The van der Waals surface area contributed by atoms with Crippen LogP contribution in [0.4, 0.5) is 0 Å². The summed E-state index contributed by atoms with van der Waals surface area (Å²) in [6.07, 6.45) is 2.69. The Labute approximate surface area is 158 Å². The maximum absolute atomic E-state index is 13.2. The second-order valence-corrected chi connectivity index (χ2v) is 9.37. The van der Waals surface area contributed by atoms with Gasteiger partial charge < -0.3 is 4.74 Å². The minimum absolute atomic E-state index is 0.0944. The fourth-order valence-electron chi connectivity index (χ4n) is 5.17. The highest BCUT2D eigenvalue weighted by atomic mass is 79.9. The van der Waals surface area contributed by atoms with Crippen molar-refractivity contribution in [3.8, 4) is 0 Å². The van der Waals surface area contributed by atoms with Gasteiger partial charge in [0.15, 0.2) is 5.78 Å². The highest BCUT2D eigenvalue weighted by molar-refractivity contribution is 9.10. The van der Waals surface area contributed by atoms with Crippen molar-refractivity contribution in [1.29, 1.82) is 0 Å². The topological polar surface area (TPSA) is 43.4 Å². The molecule has 1 aromatic carbocycles. The number of methoxy groups -OCH3 is 1. The van der Waals surface area contributed by atoms with Gasteiger partial charge in [-0.25, -0.2) is 0 Å². The van der Waals surface area contributed by atoms with E-state index in [1.807, 2.05) is 6.92 Å². The highest BCUT2D eigenvalue weighted by Gasteiger charge is 2.60. The minimum Gasteiger partial charge on any atom is -0.469 e. The number of ether oxygens (including phenoxy) is 1. The zero-order valence-electron chi connectivity index (χ0n) is 15.7. The Bertz CT molecular complexity index is 726. The maximum atomic E-state index is 13.2. The van der Waals surface area contributed by atoms with E-state index in [0.717, 1.165) is 30.4 Å². The average Bonchev–Trinajstić information content (AvgIpc) is 2.58. The molecule has 25 heavy (non-hydrogen) atoms. The number of hydrogen-bond acceptors (Lipinski definition) is 3. The molecule has 1 saturated carbocycles. The first-order valence-corrected chi connectivity index (χ1v) is 9.99. The van der Waals surface area contributed by atoms with E-state index in [4.69, 9.17) is 4.74 Å². The molecule has 4 heteroatoms. The van der Waals surface area contributed by atoms with E-state index in [9.17, 15) is 9.59 Å². The van der Waals surface area contributed by atoms with Gasteiger partial charge in [-0.2, -0.15) is 0 Å². The lowest BCUT2D eigenvalue weighted by molar-refractivity contribution is -0.160. The van der Waals surface area contributed by atoms with E-state index in [0.29, 0.717) is 5.92 Å². The molecule has 1 aromatic rings. The Balaban J connectivity index is 2.20. The molecule has 1 fully saturated rings. The molecule has 0 aliphatic heterocycles. The van der Waals surface area contributed by atoms with Crippen molar-refractivity contribution in [1.82, 2.24) is 0 Å². The second kappa shape index (κ2) is 6.22. The van der Waals surface area contributed by atoms with Gasteiger partial charge in [-0.15, -0.1) is 0 Å². The molecular formula is C21H27BrO3. The number of carbonyl (C=O) groups is 2. The molecule has 4 atom stereocenters. The molecule has 2 aliphatic carbocycles. The Kier molecular flexibility index (Phi) is 4.64. The van der Waals surface area contributed by atoms with Gasteiger partial charge in [-0.3, -0.25) is 9.59 Å². The number of Topliss-reactive ketones (excluding diaryl/α,β-unsaturated/α-hetero) is 1. The summed E-state index contributed by atoms with van der Waals surface area (Å²) >= 11 is 3.68. The lowest BCUT2D eigenvalue weighted by atomic mass is 9.49. The third kappa shape index (κ3) is 2.59. The predicted molar refractivity (Wildman–Crippen MR) is 102 cm³/mol. The molecule has 0 aromatic heterocycles. The van der Waals surface area contributed by atoms with Crippen LogP contribution in [0, 0.1) is 11.3 Å². The number of alkyl halides is 1. The van der Waals surface area contributed by atoms with E-state index in [1.54, 1.807) is 0 Å². The van der Waals surface area contributed by atoms with Gasteiger partial charge >= 0.3 is 5.97 Å². The van der Waals surface area contributed by atoms with Crippen molar-refractivity contribution in [3.63, 3.8) is 0 Å². The molecule has 3 nitrogen and oxygen atoms in total. The van der Waals surface area contributed by atoms with E-state index >= 15 is 0 Å². The van der Waals surface area contributed by atoms with Crippen molar-refractivity contribution < 1.29 is 14.3 Å². The Morgan fingerprint density at radius 1 is 1.28 bits per heavy atom. The fourth-order valence-corrected chi connectivity index (χ4v) is 6.58. The number of rotatable bonds is 2. The van der Waals surface area contributed by atoms with Gasteiger partial charge in [0.1, 0.15) is 0 Å². The van der Waals surface area contributed by atoms with Gasteiger partial charge in [0, 0.05) is 11.5 Å². The molecule has 136 valence electrons. The first-order valence-electron chi connectivity index (χ1n) is 9.08. The lowest BCUT2D eigenvalue weighted by Crippen LogP contribution is -2.58. The number of carbonyl (C=O) groups excluding carboxylic acids is 2. The summed E-state index contributed by atoms with van der Waals surface area (Å²) in [5.74, 6) is 0.162. The standard InChI is InChI=1S/C21H27BrO3/c1-12(2)13-7-8-15-14(11-13)17(23)16(22)18-20(15,3)9-6-10-21(18,4)19(24)25-5/h7-8,11-12,16,18H,6,9-10H2,1-5H3. The van der Waals surface area contributed by atoms with Gasteiger partial charge in [-0.05, 0) is 48.3 Å². The number of fused-ring (bicyclic) bond motifs is 3. The number of hydrogen-bond donors (Lipinski definition) is 0. The summed E-state index contributed by atoms with van der Waals surface area (Å²) in [6, 6.07) is 6.32. The van der Waals surface area contributed by atoms with Crippen LogP contribution in [0.15, 0.2) is 18.2 Å². The summed E-state index contributed by atoms with van der Waals surface area (Å²) in [5.41, 5.74) is 2.23. The summed E-state index contributed by atoms with van der Waals surface area (Å²) in [6.45, 7) is 8.46. The summed E-state index contributed by atoms with van der Waals surface area (Å²) in [7, 11) is 1.44. The van der Waals surface area contributed by atoms with Crippen LogP contribution >= 0.6 is 15.9 Å². The SMILES string of the molecule is COC(=O)C1(C)CCCC2(C)c3ccc(C(C)C)cc3C(=O)C(Br)C12. The largest absolute Gasteiger partial charge is 0.469 e. The molecular weight excluding hydrogens is 380 g/mol. The van der Waals surface area contributed by atoms with E-state index in [1.165, 1.54) is 12.7 Å². The summed E-state index contributed by atoms with van der Waals surface area (Å²) in [5, 5.41) is 0. The predicted octanol–water partition coefficient (Wildman–Crippen LogP) is 5.01. The first-order chi connectivity index (χ1) is 11.7. The molecule has 3 rings (SSSR count). The van der Waals surface area contributed by atoms with Crippen LogP contribution in [-0.2, 0) is 14.9 Å². The molecule has 0 saturated heterocycles. The van der Waals surface area contributed by atoms with Crippen molar-refractivity contribution in [2.24, 2.45) is 11.3 Å². The lowest BCUT2D eigenvalue weighted by Gasteiger charge is -2.55. The van der Waals surface area contributed by atoms with E-state index in [-0.39, 0.29) is 27.9 Å². The molecule has 0 spiro atoms. The zero-order chi connectivity index (χ0) is 18.6. The second-order valence-electron chi connectivity index (χ2n) is 8.38. The number of ketones is 1. The molecule has 0 heterocycles. The Morgan fingerprint density at radius 3 is 2.56 bits per heavy atom. The number of benzene rings is 1. The van der Waals surface area contributed by atoms with Crippen LogP contribution in [0.1, 0.15) is 74.4 Å². The van der Waals surface area contributed by atoms with Crippen molar-refractivity contribution in [3.05, 3.63) is 34.9 Å². The first kappa shape index (κ1) is 18.6. The summed E-state index contributed by atoms with van der Waals surface area (Å²) in [4.78, 5) is 25.5. The van der Waals surface area contributed by atoms with Gasteiger partial charge in [-0.1, -0.05) is 55.3 Å². The maximum Gasteiger partial charge on any atom is 0.311 e. The van der Waals surface area contributed by atoms with E-state index in [2.05, 4.69) is 54.9 Å². The Morgan fingerprint density at radius 2 is 1.96 bits per heavy atom. The third-order valence-electron chi connectivity index (χ3n) is 6.55. The molecule has 0 bridgehead atoms. The molecule has 2 aliphatic rings. The Hall–Kier alpha value is -1.16. The van der Waals surface area contributed by atoms with Crippen LogP contribution in [-0.4, -0.2) is 23.7 Å². The van der Waals surface area contributed by atoms with Crippen molar-refractivity contribution in [2.45, 2.75) is 63.1 Å². The number of halogens is 1. The van der Waals surface area contributed by atoms with Gasteiger partial charge in [0.05, 0.1) is 17.4 Å². The fraction of sp³-hybridized carbons (Fsp3) is 0.619. The highest BCUT2D eigenvalue weighted by Crippen LogP contribution is 2.59. The number of esters is 1. The quantitative estimate of drug-likeness (QED) is 0.512. The monoisotopic (exact) mass is 406 g/mol. The summed E-state index contributed by atoms with van der Waals surface area (Å²) < 4.78 is 5.14. The molecule has 0 N–H and O–H groups in total. The van der Waals surface area contributed by atoms with Crippen LogP contribution in [0.2, 0.25) is 0 Å². The minimum atomic E-state index is -0.653. The van der Waals surface area contributed by atoms with Crippen LogP contribution in [0.5, 0.6) is 0 Å². The molecule has 4 unspecified atom stereocenters. The van der Waals surface area contributed by atoms with E-state index < -0.39 is 5.41 Å². The average molecular weight is 407 g/mol. The smallest absolute Gasteiger partial charge is 0.311 e.